The summed E-state index contributed by atoms with van der Waals surface area (Å²) in [5, 5.41) is 3.40. The number of rotatable bonds is 1. The van der Waals surface area contributed by atoms with Crippen molar-refractivity contribution in [2.24, 2.45) is 0 Å². The molecule has 2 heterocycles. The number of ether oxygens (including phenoxy) is 1. The van der Waals surface area contributed by atoms with E-state index in [9.17, 15) is 4.79 Å². The van der Waals surface area contributed by atoms with Gasteiger partial charge in [-0.2, -0.15) is 0 Å². The maximum absolute atomic E-state index is 12.9. The monoisotopic (exact) mass is 274 g/mol. The van der Waals surface area contributed by atoms with Gasteiger partial charge >= 0.3 is 0 Å². The van der Waals surface area contributed by atoms with E-state index >= 15 is 0 Å². The number of benzene rings is 1. The van der Waals surface area contributed by atoms with Gasteiger partial charge in [0.15, 0.2) is 0 Å². The summed E-state index contributed by atoms with van der Waals surface area (Å²) in [4.78, 5) is 14.8. The molecule has 0 bridgehead atoms. The summed E-state index contributed by atoms with van der Waals surface area (Å²) in [7, 11) is 0. The summed E-state index contributed by atoms with van der Waals surface area (Å²) in [6.07, 6.45) is 2.30. The summed E-state index contributed by atoms with van der Waals surface area (Å²) >= 11 is 0. The van der Waals surface area contributed by atoms with E-state index < -0.39 is 0 Å². The first-order valence-electron chi connectivity index (χ1n) is 7.45. The lowest BCUT2D eigenvalue weighted by molar-refractivity contribution is -0.0386. The fourth-order valence-corrected chi connectivity index (χ4v) is 3.03. The molecule has 1 amide bonds. The van der Waals surface area contributed by atoms with Crippen molar-refractivity contribution in [1.82, 2.24) is 4.90 Å². The van der Waals surface area contributed by atoms with Crippen LogP contribution in [0.3, 0.4) is 0 Å². The molecule has 20 heavy (non-hydrogen) atoms. The van der Waals surface area contributed by atoms with Crippen molar-refractivity contribution in [3.8, 4) is 0 Å². The molecule has 2 unspecified atom stereocenters. The van der Waals surface area contributed by atoms with E-state index in [1.807, 2.05) is 30.9 Å². The summed E-state index contributed by atoms with van der Waals surface area (Å²) in [5.41, 5.74) is 3.11. The Balaban J connectivity index is 1.90. The number of nitrogens with one attached hydrogen (secondary N) is 1. The topological polar surface area (TPSA) is 41.6 Å². The number of fused-ring (bicyclic) bond motifs is 1. The SMILES string of the molecule is CC1CN(C(=O)c2cccc3c2NCCC3)C(C)CO1. The summed E-state index contributed by atoms with van der Waals surface area (Å²) < 4.78 is 5.61. The zero-order chi connectivity index (χ0) is 14.1. The van der Waals surface area contributed by atoms with Gasteiger partial charge < -0.3 is 15.0 Å². The minimum absolute atomic E-state index is 0.114. The highest BCUT2D eigenvalue weighted by Crippen LogP contribution is 2.28. The van der Waals surface area contributed by atoms with Crippen molar-refractivity contribution >= 4 is 11.6 Å². The Morgan fingerprint density at radius 2 is 2.25 bits per heavy atom. The van der Waals surface area contributed by atoms with E-state index in [2.05, 4.69) is 11.4 Å². The number of carbonyl (C=O) groups excluding carboxylic acids is 1. The molecule has 1 aromatic carbocycles. The fraction of sp³-hybridized carbons (Fsp3) is 0.562. The minimum Gasteiger partial charge on any atom is -0.384 e. The van der Waals surface area contributed by atoms with Gasteiger partial charge in [0, 0.05) is 13.1 Å². The Morgan fingerprint density at radius 1 is 1.40 bits per heavy atom. The molecule has 2 atom stereocenters. The van der Waals surface area contributed by atoms with E-state index in [0.29, 0.717) is 13.2 Å². The first-order valence-corrected chi connectivity index (χ1v) is 7.45. The number of para-hydroxylation sites is 1. The van der Waals surface area contributed by atoms with Gasteiger partial charge in [-0.15, -0.1) is 0 Å². The highest BCUT2D eigenvalue weighted by atomic mass is 16.5. The third-order valence-corrected chi connectivity index (χ3v) is 4.17. The van der Waals surface area contributed by atoms with E-state index in [-0.39, 0.29) is 18.1 Å². The van der Waals surface area contributed by atoms with Crippen LogP contribution in [0.4, 0.5) is 5.69 Å². The van der Waals surface area contributed by atoms with Crippen LogP contribution in [0.15, 0.2) is 18.2 Å². The Bertz CT molecular complexity index is 515. The van der Waals surface area contributed by atoms with Crippen LogP contribution in [0.25, 0.3) is 0 Å². The van der Waals surface area contributed by atoms with E-state index in [4.69, 9.17) is 4.74 Å². The van der Waals surface area contributed by atoms with Gasteiger partial charge in [-0.3, -0.25) is 4.79 Å². The molecule has 108 valence electrons. The number of carbonyl (C=O) groups is 1. The van der Waals surface area contributed by atoms with E-state index in [1.165, 1.54) is 5.56 Å². The second-order valence-electron chi connectivity index (χ2n) is 5.82. The molecule has 0 saturated carbocycles. The van der Waals surface area contributed by atoms with Crippen LogP contribution in [0.5, 0.6) is 0 Å². The van der Waals surface area contributed by atoms with Crippen LogP contribution >= 0.6 is 0 Å². The predicted molar refractivity (Wildman–Crippen MR) is 79.2 cm³/mol. The number of morpholine rings is 1. The molecule has 0 radical (unpaired) electrons. The van der Waals surface area contributed by atoms with Crippen molar-refractivity contribution in [3.63, 3.8) is 0 Å². The molecule has 3 rings (SSSR count). The third-order valence-electron chi connectivity index (χ3n) is 4.17. The molecule has 1 N–H and O–H groups in total. The van der Waals surface area contributed by atoms with Crippen LogP contribution in [0.2, 0.25) is 0 Å². The molecule has 1 aromatic rings. The van der Waals surface area contributed by atoms with Crippen LogP contribution in [-0.4, -0.2) is 42.6 Å². The summed E-state index contributed by atoms with van der Waals surface area (Å²) in [5.74, 6) is 0.124. The number of aryl methyl sites for hydroxylation is 1. The highest BCUT2D eigenvalue weighted by molar-refractivity contribution is 6.00. The summed E-state index contributed by atoms with van der Waals surface area (Å²) in [6, 6.07) is 6.18. The van der Waals surface area contributed by atoms with E-state index in [1.54, 1.807) is 0 Å². The lowest BCUT2D eigenvalue weighted by Crippen LogP contribution is -2.50. The van der Waals surface area contributed by atoms with Crippen LogP contribution < -0.4 is 5.32 Å². The van der Waals surface area contributed by atoms with Gasteiger partial charge in [0.05, 0.1) is 30.0 Å². The quantitative estimate of drug-likeness (QED) is 0.854. The molecule has 0 aromatic heterocycles. The average molecular weight is 274 g/mol. The average Bonchev–Trinajstić information content (AvgIpc) is 2.48. The molecule has 2 aliphatic rings. The van der Waals surface area contributed by atoms with Gasteiger partial charge in [0.2, 0.25) is 0 Å². The Labute approximate surface area is 120 Å². The molecule has 0 spiro atoms. The van der Waals surface area contributed by atoms with E-state index in [0.717, 1.165) is 30.6 Å². The lowest BCUT2D eigenvalue weighted by atomic mass is 9.98. The molecule has 2 aliphatic heterocycles. The van der Waals surface area contributed by atoms with Crippen molar-refractivity contribution in [2.75, 3.05) is 25.0 Å². The standard InChI is InChI=1S/C16H22N2O2/c1-11-10-20-12(2)9-18(11)16(19)14-7-3-5-13-6-4-8-17-15(13)14/h3,5,7,11-12,17H,4,6,8-10H2,1-2H3. The minimum atomic E-state index is 0.114. The molecule has 0 aliphatic carbocycles. The highest BCUT2D eigenvalue weighted by Gasteiger charge is 2.30. The largest absolute Gasteiger partial charge is 0.384 e. The smallest absolute Gasteiger partial charge is 0.256 e. The van der Waals surface area contributed by atoms with Gasteiger partial charge in [-0.05, 0) is 38.3 Å². The second-order valence-corrected chi connectivity index (χ2v) is 5.82. The normalized spacial score (nSPS) is 25.8. The van der Waals surface area contributed by atoms with Gasteiger partial charge in [0.1, 0.15) is 0 Å². The number of hydrogen-bond donors (Lipinski definition) is 1. The Hall–Kier alpha value is -1.55. The molecule has 4 nitrogen and oxygen atoms in total. The first kappa shape index (κ1) is 13.4. The number of amides is 1. The fourth-order valence-electron chi connectivity index (χ4n) is 3.03. The van der Waals surface area contributed by atoms with Gasteiger partial charge in [-0.1, -0.05) is 12.1 Å². The Morgan fingerprint density at radius 3 is 3.10 bits per heavy atom. The summed E-state index contributed by atoms with van der Waals surface area (Å²) in [6.45, 7) is 6.31. The second kappa shape index (κ2) is 5.44. The zero-order valence-corrected chi connectivity index (χ0v) is 12.2. The van der Waals surface area contributed by atoms with Gasteiger partial charge in [0.25, 0.3) is 5.91 Å². The number of anilines is 1. The zero-order valence-electron chi connectivity index (χ0n) is 12.2. The van der Waals surface area contributed by atoms with Crippen LogP contribution in [0, 0.1) is 0 Å². The lowest BCUT2D eigenvalue weighted by Gasteiger charge is -2.37. The molecule has 4 heteroatoms. The van der Waals surface area contributed by atoms with Crippen LogP contribution in [0.1, 0.15) is 36.2 Å². The van der Waals surface area contributed by atoms with Crippen molar-refractivity contribution < 1.29 is 9.53 Å². The molecular formula is C16H22N2O2. The number of nitrogens with zero attached hydrogens (tertiary/aromatic N) is 1. The van der Waals surface area contributed by atoms with Crippen LogP contribution in [-0.2, 0) is 11.2 Å². The molecule has 1 saturated heterocycles. The number of hydrogen-bond acceptors (Lipinski definition) is 3. The first-order chi connectivity index (χ1) is 9.66. The predicted octanol–water partition coefficient (Wildman–Crippen LogP) is 2.29. The van der Waals surface area contributed by atoms with Crippen molar-refractivity contribution in [2.45, 2.75) is 38.8 Å². The maximum atomic E-state index is 12.9. The maximum Gasteiger partial charge on any atom is 0.256 e. The Kier molecular flexibility index (Phi) is 3.66. The van der Waals surface area contributed by atoms with Crippen molar-refractivity contribution in [3.05, 3.63) is 29.3 Å². The third kappa shape index (κ3) is 2.40. The van der Waals surface area contributed by atoms with Crippen molar-refractivity contribution in [1.29, 1.82) is 0 Å². The molecule has 1 fully saturated rings. The molecular weight excluding hydrogens is 252 g/mol. The van der Waals surface area contributed by atoms with Gasteiger partial charge in [-0.25, -0.2) is 0 Å².